The molecule has 0 aliphatic rings. The Balaban J connectivity index is 2.18. The first-order chi connectivity index (χ1) is 10.2. The van der Waals surface area contributed by atoms with E-state index in [0.717, 1.165) is 22.6 Å². The van der Waals surface area contributed by atoms with Crippen LogP contribution in [-0.2, 0) is 0 Å². The van der Waals surface area contributed by atoms with Crippen LogP contribution in [0.3, 0.4) is 0 Å². The lowest BCUT2D eigenvalue weighted by Gasteiger charge is -2.24. The lowest BCUT2D eigenvalue weighted by Crippen LogP contribution is -2.28. The molecular formula is C18H20ClNO. The molecule has 0 fully saturated rings. The van der Waals surface area contributed by atoms with Crippen LogP contribution in [0, 0.1) is 0 Å². The Labute approximate surface area is 131 Å². The zero-order valence-electron chi connectivity index (χ0n) is 11.9. The Hall–Kier alpha value is -1.61. The molecule has 2 N–H and O–H groups in total. The van der Waals surface area contributed by atoms with Crippen molar-refractivity contribution >= 4 is 11.6 Å². The van der Waals surface area contributed by atoms with Crippen LogP contribution in [0.2, 0.25) is 5.02 Å². The molecule has 2 rings (SSSR count). The Morgan fingerprint density at radius 1 is 1.00 bits per heavy atom. The smallest absolute Gasteiger partial charge is 0.0626 e. The largest absolute Gasteiger partial charge is 0.394 e. The quantitative estimate of drug-likeness (QED) is 0.748. The van der Waals surface area contributed by atoms with E-state index in [0.29, 0.717) is 0 Å². The maximum absolute atomic E-state index is 9.68. The monoisotopic (exact) mass is 301 g/mol. The molecule has 0 bridgehead atoms. The van der Waals surface area contributed by atoms with Crippen molar-refractivity contribution in [1.82, 2.24) is 5.32 Å². The highest BCUT2D eigenvalue weighted by Crippen LogP contribution is 2.24. The molecule has 21 heavy (non-hydrogen) atoms. The van der Waals surface area contributed by atoms with Crippen LogP contribution in [0.5, 0.6) is 0 Å². The van der Waals surface area contributed by atoms with Crippen molar-refractivity contribution in [2.45, 2.75) is 18.5 Å². The normalized spacial score (nSPS) is 13.6. The number of nitrogens with one attached hydrogen (secondary N) is 1. The minimum atomic E-state index is -0.105. The molecule has 3 heteroatoms. The fraction of sp³-hybridized carbons (Fsp3) is 0.222. The SMILES string of the molecule is C=CC[C@@H](N[C@@H](CO)c1ccccc1)c1ccc(Cl)cc1. The number of hydrogen-bond donors (Lipinski definition) is 2. The summed E-state index contributed by atoms with van der Waals surface area (Å²) in [7, 11) is 0. The second-order valence-corrected chi connectivity index (χ2v) is 5.38. The van der Waals surface area contributed by atoms with Gasteiger partial charge in [-0.2, -0.15) is 0 Å². The summed E-state index contributed by atoms with van der Waals surface area (Å²) in [5.74, 6) is 0. The molecule has 0 saturated heterocycles. The summed E-state index contributed by atoms with van der Waals surface area (Å²) in [5, 5.41) is 13.9. The number of aliphatic hydroxyl groups excluding tert-OH is 1. The third-order valence-electron chi connectivity index (χ3n) is 3.46. The summed E-state index contributed by atoms with van der Waals surface area (Å²) in [6.07, 6.45) is 2.66. The van der Waals surface area contributed by atoms with Crippen molar-refractivity contribution in [3.8, 4) is 0 Å². The Morgan fingerprint density at radius 2 is 1.62 bits per heavy atom. The molecule has 0 amide bonds. The van der Waals surface area contributed by atoms with Crippen molar-refractivity contribution in [2.75, 3.05) is 6.61 Å². The van der Waals surface area contributed by atoms with Crippen LogP contribution < -0.4 is 5.32 Å². The standard InChI is InChI=1S/C18H20ClNO/c1-2-6-17(15-9-11-16(19)12-10-15)20-18(13-21)14-7-4-3-5-8-14/h2-5,7-12,17-18,20-21H,1,6,13H2/t17-,18+/m1/s1. The highest BCUT2D eigenvalue weighted by Gasteiger charge is 2.16. The Bertz CT molecular complexity index is 553. The van der Waals surface area contributed by atoms with Crippen LogP contribution in [-0.4, -0.2) is 11.7 Å². The molecule has 2 atom stereocenters. The van der Waals surface area contributed by atoms with Gasteiger partial charge in [0, 0.05) is 11.1 Å². The minimum Gasteiger partial charge on any atom is -0.394 e. The lowest BCUT2D eigenvalue weighted by atomic mass is 10.0. The molecule has 0 aliphatic heterocycles. The molecule has 0 radical (unpaired) electrons. The minimum absolute atomic E-state index is 0.0469. The molecule has 110 valence electrons. The molecule has 2 aromatic rings. The van der Waals surface area contributed by atoms with Gasteiger partial charge < -0.3 is 10.4 Å². The van der Waals surface area contributed by atoms with Gasteiger partial charge in [-0.1, -0.05) is 60.1 Å². The van der Waals surface area contributed by atoms with Gasteiger partial charge in [0.2, 0.25) is 0 Å². The molecule has 0 aromatic heterocycles. The van der Waals surface area contributed by atoms with Gasteiger partial charge >= 0.3 is 0 Å². The van der Waals surface area contributed by atoms with Crippen LogP contribution in [0.1, 0.15) is 29.6 Å². The van der Waals surface area contributed by atoms with Gasteiger partial charge in [-0.25, -0.2) is 0 Å². The second kappa shape index (κ2) is 7.99. The van der Waals surface area contributed by atoms with Crippen molar-refractivity contribution in [3.05, 3.63) is 83.4 Å². The predicted molar refractivity (Wildman–Crippen MR) is 88.4 cm³/mol. The van der Waals surface area contributed by atoms with Crippen LogP contribution >= 0.6 is 11.6 Å². The molecule has 2 aromatic carbocycles. The van der Waals surface area contributed by atoms with Crippen molar-refractivity contribution in [1.29, 1.82) is 0 Å². The van der Waals surface area contributed by atoms with E-state index in [2.05, 4.69) is 11.9 Å². The third-order valence-corrected chi connectivity index (χ3v) is 3.71. The van der Waals surface area contributed by atoms with E-state index < -0.39 is 0 Å². The summed E-state index contributed by atoms with van der Waals surface area (Å²) in [6.45, 7) is 3.87. The first-order valence-corrected chi connectivity index (χ1v) is 7.40. The van der Waals surface area contributed by atoms with Crippen LogP contribution in [0.4, 0.5) is 0 Å². The summed E-state index contributed by atoms with van der Waals surface area (Å²) >= 11 is 5.94. The zero-order valence-corrected chi connectivity index (χ0v) is 12.6. The number of benzene rings is 2. The molecule has 0 heterocycles. The topological polar surface area (TPSA) is 32.3 Å². The molecule has 0 aliphatic carbocycles. The number of hydrogen-bond acceptors (Lipinski definition) is 2. The van der Waals surface area contributed by atoms with E-state index in [1.165, 1.54) is 0 Å². The fourth-order valence-electron chi connectivity index (χ4n) is 2.34. The predicted octanol–water partition coefficient (Wildman–Crippen LogP) is 4.28. The average Bonchev–Trinajstić information content (AvgIpc) is 2.53. The summed E-state index contributed by atoms with van der Waals surface area (Å²) in [5.41, 5.74) is 2.21. The van der Waals surface area contributed by atoms with E-state index >= 15 is 0 Å². The van der Waals surface area contributed by atoms with E-state index in [-0.39, 0.29) is 18.7 Å². The lowest BCUT2D eigenvalue weighted by molar-refractivity contribution is 0.233. The van der Waals surface area contributed by atoms with Crippen LogP contribution in [0.15, 0.2) is 67.3 Å². The zero-order chi connectivity index (χ0) is 15.1. The highest BCUT2D eigenvalue weighted by molar-refractivity contribution is 6.30. The first kappa shape index (κ1) is 15.8. The van der Waals surface area contributed by atoms with Gasteiger partial charge in [-0.3, -0.25) is 0 Å². The van der Waals surface area contributed by atoms with Crippen molar-refractivity contribution < 1.29 is 5.11 Å². The molecule has 2 nitrogen and oxygen atoms in total. The van der Waals surface area contributed by atoms with E-state index in [9.17, 15) is 5.11 Å². The highest BCUT2D eigenvalue weighted by atomic mass is 35.5. The summed E-state index contributed by atoms with van der Waals surface area (Å²) in [6, 6.07) is 17.7. The third kappa shape index (κ3) is 4.43. The van der Waals surface area contributed by atoms with E-state index in [4.69, 9.17) is 11.6 Å². The summed E-state index contributed by atoms with van der Waals surface area (Å²) in [4.78, 5) is 0. The van der Waals surface area contributed by atoms with Gasteiger partial charge in [0.25, 0.3) is 0 Å². The maximum Gasteiger partial charge on any atom is 0.0626 e. The van der Waals surface area contributed by atoms with Crippen molar-refractivity contribution in [3.63, 3.8) is 0 Å². The van der Waals surface area contributed by atoms with E-state index in [1.807, 2.05) is 60.7 Å². The molecule has 0 spiro atoms. The number of halogens is 1. The first-order valence-electron chi connectivity index (χ1n) is 7.02. The maximum atomic E-state index is 9.68. The van der Waals surface area contributed by atoms with Gasteiger partial charge in [-0.15, -0.1) is 6.58 Å². The van der Waals surface area contributed by atoms with Gasteiger partial charge in [0.1, 0.15) is 0 Å². The van der Waals surface area contributed by atoms with Crippen molar-refractivity contribution in [2.24, 2.45) is 0 Å². The fourth-order valence-corrected chi connectivity index (χ4v) is 2.47. The molecule has 0 unspecified atom stereocenters. The molecule has 0 saturated carbocycles. The van der Waals surface area contributed by atoms with Gasteiger partial charge in [0.15, 0.2) is 0 Å². The van der Waals surface area contributed by atoms with Gasteiger partial charge in [-0.05, 0) is 29.7 Å². The van der Waals surface area contributed by atoms with E-state index in [1.54, 1.807) is 0 Å². The summed E-state index contributed by atoms with van der Waals surface area (Å²) < 4.78 is 0. The van der Waals surface area contributed by atoms with Gasteiger partial charge in [0.05, 0.1) is 12.6 Å². The molecular weight excluding hydrogens is 282 g/mol. The number of aliphatic hydroxyl groups is 1. The average molecular weight is 302 g/mol. The Kier molecular flexibility index (Phi) is 6.00. The number of rotatable bonds is 7. The van der Waals surface area contributed by atoms with Crippen LogP contribution in [0.25, 0.3) is 0 Å². The second-order valence-electron chi connectivity index (χ2n) is 4.94. The Morgan fingerprint density at radius 3 is 2.19 bits per heavy atom.